The van der Waals surface area contributed by atoms with Gasteiger partial charge >= 0.3 is 5.97 Å². The highest BCUT2D eigenvalue weighted by Gasteiger charge is 2.23. The van der Waals surface area contributed by atoms with Crippen LogP contribution >= 0.6 is 11.8 Å². The van der Waals surface area contributed by atoms with Crippen molar-refractivity contribution in [2.75, 3.05) is 20.5 Å². The zero-order chi connectivity index (χ0) is 13.7. The van der Waals surface area contributed by atoms with Gasteiger partial charge in [0.25, 0.3) is 0 Å². The smallest absolute Gasteiger partial charge is 0.339 e. The van der Waals surface area contributed by atoms with E-state index in [1.165, 1.54) is 14.2 Å². The van der Waals surface area contributed by atoms with Crippen LogP contribution in [0.2, 0.25) is 0 Å². The number of thioether (sulfide) groups is 1. The zero-order valence-corrected chi connectivity index (χ0v) is 11.8. The van der Waals surface area contributed by atoms with E-state index < -0.39 is 12.1 Å². The summed E-state index contributed by atoms with van der Waals surface area (Å²) in [7, 11) is 2.76. The van der Waals surface area contributed by atoms with Crippen LogP contribution in [0.3, 0.4) is 0 Å². The Labute approximate surface area is 111 Å². The fraction of sp³-hybridized carbons (Fsp3) is 0.462. The minimum atomic E-state index is -1.32. The second kappa shape index (κ2) is 6.66. The summed E-state index contributed by atoms with van der Waals surface area (Å²) in [6.45, 7) is 2.05. The molecule has 0 saturated carbocycles. The van der Waals surface area contributed by atoms with Gasteiger partial charge in [-0.2, -0.15) is 0 Å². The molecular formula is C13H18O4S. The van der Waals surface area contributed by atoms with E-state index in [9.17, 15) is 9.90 Å². The first-order valence-electron chi connectivity index (χ1n) is 5.59. The molecule has 1 aromatic rings. The number of esters is 1. The molecule has 0 bridgehead atoms. The number of hydrogen-bond donors (Lipinski definition) is 1. The molecule has 1 aromatic carbocycles. The summed E-state index contributed by atoms with van der Waals surface area (Å²) in [5.41, 5.74) is 1.56. The van der Waals surface area contributed by atoms with Gasteiger partial charge in [0.1, 0.15) is 5.75 Å². The van der Waals surface area contributed by atoms with E-state index in [1.54, 1.807) is 17.8 Å². The molecule has 1 unspecified atom stereocenters. The van der Waals surface area contributed by atoms with Crippen LogP contribution in [0, 0.1) is 0 Å². The third-order valence-electron chi connectivity index (χ3n) is 2.73. The summed E-state index contributed by atoms with van der Waals surface area (Å²) >= 11 is 1.57. The van der Waals surface area contributed by atoms with Crippen molar-refractivity contribution in [3.63, 3.8) is 0 Å². The van der Waals surface area contributed by atoms with Gasteiger partial charge in [-0.05, 0) is 30.4 Å². The Morgan fingerprint density at radius 2 is 2.11 bits per heavy atom. The average Bonchev–Trinajstić information content (AvgIpc) is 2.43. The number of aliphatic hydroxyl groups excluding tert-OH is 1. The monoisotopic (exact) mass is 270 g/mol. The molecule has 18 heavy (non-hydrogen) atoms. The predicted octanol–water partition coefficient (Wildman–Crippen LogP) is 2.19. The Morgan fingerprint density at radius 1 is 1.44 bits per heavy atom. The number of aliphatic hydroxyl groups is 1. The molecule has 0 radical (unpaired) electrons. The first kappa shape index (κ1) is 14.9. The highest BCUT2D eigenvalue weighted by molar-refractivity contribution is 7.98. The summed E-state index contributed by atoms with van der Waals surface area (Å²) in [5, 5.41) is 9.92. The number of methoxy groups -OCH3 is 2. The van der Waals surface area contributed by atoms with Gasteiger partial charge in [-0.25, -0.2) is 4.79 Å². The molecule has 4 nitrogen and oxygen atoms in total. The molecule has 0 amide bonds. The summed E-state index contributed by atoms with van der Waals surface area (Å²) in [4.78, 5) is 12.4. The molecule has 1 rings (SSSR count). The molecule has 1 atom stereocenters. The van der Waals surface area contributed by atoms with E-state index in [0.29, 0.717) is 11.3 Å². The van der Waals surface area contributed by atoms with Crippen molar-refractivity contribution in [1.29, 1.82) is 0 Å². The number of carbonyl (C=O) groups is 1. The van der Waals surface area contributed by atoms with Gasteiger partial charge < -0.3 is 14.6 Å². The summed E-state index contributed by atoms with van der Waals surface area (Å²) in [5.74, 6) is -0.188. The van der Waals surface area contributed by atoms with Gasteiger partial charge in [0, 0.05) is 10.5 Å². The van der Waals surface area contributed by atoms with Crippen LogP contribution in [0.15, 0.2) is 17.0 Å². The van der Waals surface area contributed by atoms with Gasteiger partial charge in [0.15, 0.2) is 6.10 Å². The molecule has 0 saturated heterocycles. The van der Waals surface area contributed by atoms with E-state index in [-0.39, 0.29) is 0 Å². The quantitative estimate of drug-likeness (QED) is 0.656. The van der Waals surface area contributed by atoms with Gasteiger partial charge in [0.05, 0.1) is 14.2 Å². The molecule has 1 N–H and O–H groups in total. The van der Waals surface area contributed by atoms with E-state index >= 15 is 0 Å². The molecule has 100 valence electrons. The molecule has 0 aromatic heterocycles. The van der Waals surface area contributed by atoms with Crippen molar-refractivity contribution < 1.29 is 19.4 Å². The first-order chi connectivity index (χ1) is 8.58. The van der Waals surface area contributed by atoms with Crippen LogP contribution in [0.1, 0.15) is 24.2 Å². The Bertz CT molecular complexity index is 431. The molecule has 0 fully saturated rings. The van der Waals surface area contributed by atoms with Crippen LogP contribution in [0.5, 0.6) is 5.75 Å². The van der Waals surface area contributed by atoms with E-state index in [4.69, 9.17) is 4.74 Å². The van der Waals surface area contributed by atoms with E-state index in [2.05, 4.69) is 4.74 Å². The van der Waals surface area contributed by atoms with Gasteiger partial charge in [-0.3, -0.25) is 0 Å². The van der Waals surface area contributed by atoms with Crippen molar-refractivity contribution in [1.82, 2.24) is 0 Å². The maximum absolute atomic E-state index is 11.4. The standard InChI is InChI=1S/C13H18O4S/c1-5-8-6-10(16-2)9(7-11(8)18-4)12(14)13(15)17-3/h6-7,12,14H,5H2,1-4H3. The number of aryl methyl sites for hydroxylation is 1. The lowest BCUT2D eigenvalue weighted by molar-refractivity contribution is -0.150. The summed E-state index contributed by atoms with van der Waals surface area (Å²) < 4.78 is 9.77. The maximum atomic E-state index is 11.4. The maximum Gasteiger partial charge on any atom is 0.339 e. The first-order valence-corrected chi connectivity index (χ1v) is 6.82. The third kappa shape index (κ3) is 2.97. The lowest BCUT2D eigenvalue weighted by atomic mass is 10.0. The zero-order valence-electron chi connectivity index (χ0n) is 11.0. The normalized spacial score (nSPS) is 12.1. The van der Waals surface area contributed by atoms with Crippen molar-refractivity contribution >= 4 is 17.7 Å². The third-order valence-corrected chi connectivity index (χ3v) is 3.55. The minimum absolute atomic E-state index is 0.436. The largest absolute Gasteiger partial charge is 0.496 e. The second-order valence-electron chi connectivity index (χ2n) is 3.69. The predicted molar refractivity (Wildman–Crippen MR) is 71.1 cm³/mol. The topological polar surface area (TPSA) is 55.8 Å². The lowest BCUT2D eigenvalue weighted by Gasteiger charge is -2.16. The number of carbonyl (C=O) groups excluding carboxylic acids is 1. The average molecular weight is 270 g/mol. The molecule has 0 aliphatic heterocycles. The Morgan fingerprint density at radius 3 is 2.56 bits per heavy atom. The number of benzene rings is 1. The fourth-order valence-electron chi connectivity index (χ4n) is 1.71. The van der Waals surface area contributed by atoms with Crippen molar-refractivity contribution in [2.45, 2.75) is 24.3 Å². The molecule has 0 aliphatic carbocycles. The molecule has 0 aliphatic rings. The highest BCUT2D eigenvalue weighted by Crippen LogP contribution is 2.33. The van der Waals surface area contributed by atoms with Gasteiger partial charge in [-0.15, -0.1) is 11.8 Å². The minimum Gasteiger partial charge on any atom is -0.496 e. The lowest BCUT2D eigenvalue weighted by Crippen LogP contribution is -2.14. The highest BCUT2D eigenvalue weighted by atomic mass is 32.2. The fourth-order valence-corrected chi connectivity index (χ4v) is 2.42. The Hall–Kier alpha value is -1.20. The van der Waals surface area contributed by atoms with Crippen LogP contribution in [-0.2, 0) is 16.0 Å². The van der Waals surface area contributed by atoms with Crippen molar-refractivity contribution in [3.05, 3.63) is 23.3 Å². The Balaban J connectivity index is 3.29. The van der Waals surface area contributed by atoms with Gasteiger partial charge in [0.2, 0.25) is 0 Å². The molecule has 0 spiro atoms. The van der Waals surface area contributed by atoms with E-state index in [1.807, 2.05) is 19.2 Å². The number of ether oxygens (including phenoxy) is 2. The van der Waals surface area contributed by atoms with E-state index in [0.717, 1.165) is 16.9 Å². The summed E-state index contributed by atoms with van der Waals surface area (Å²) in [6.07, 6.45) is 1.50. The molecule has 5 heteroatoms. The molecule has 0 heterocycles. The van der Waals surface area contributed by atoms with Crippen LogP contribution < -0.4 is 4.74 Å². The SMILES string of the molecule is CCc1cc(OC)c(C(O)C(=O)OC)cc1SC. The summed E-state index contributed by atoms with van der Waals surface area (Å²) in [6, 6.07) is 3.64. The van der Waals surface area contributed by atoms with Crippen LogP contribution in [-0.4, -0.2) is 31.6 Å². The van der Waals surface area contributed by atoms with Crippen molar-refractivity contribution in [2.24, 2.45) is 0 Å². The second-order valence-corrected chi connectivity index (χ2v) is 4.53. The van der Waals surface area contributed by atoms with Crippen LogP contribution in [0.25, 0.3) is 0 Å². The van der Waals surface area contributed by atoms with Crippen molar-refractivity contribution in [3.8, 4) is 5.75 Å². The number of rotatable bonds is 5. The number of hydrogen-bond acceptors (Lipinski definition) is 5. The van der Waals surface area contributed by atoms with Gasteiger partial charge in [-0.1, -0.05) is 6.92 Å². The Kier molecular flexibility index (Phi) is 5.50. The van der Waals surface area contributed by atoms with Crippen LogP contribution in [0.4, 0.5) is 0 Å². The molecular weight excluding hydrogens is 252 g/mol.